The molecule has 0 N–H and O–H groups in total. The highest BCUT2D eigenvalue weighted by Gasteiger charge is 2.08. The predicted octanol–water partition coefficient (Wildman–Crippen LogP) is 2.65. The average Bonchev–Trinajstić information content (AvgIpc) is 2.95. The Kier molecular flexibility index (Phi) is 3.65. The summed E-state index contributed by atoms with van der Waals surface area (Å²) in [6.07, 6.45) is 4.41. The second kappa shape index (κ2) is 5.21. The summed E-state index contributed by atoms with van der Waals surface area (Å²) in [5, 5.41) is 4.42. The third-order valence-electron chi connectivity index (χ3n) is 3.02. The smallest absolute Gasteiger partial charge is 0.164 e. The zero-order valence-corrected chi connectivity index (χ0v) is 11.2. The van der Waals surface area contributed by atoms with E-state index in [2.05, 4.69) is 18.1 Å². The second-order valence-electron chi connectivity index (χ2n) is 4.44. The van der Waals surface area contributed by atoms with Gasteiger partial charge in [-0.15, -0.1) is 0 Å². The lowest BCUT2D eigenvalue weighted by atomic mass is 10.2. The van der Waals surface area contributed by atoms with Crippen molar-refractivity contribution in [1.29, 1.82) is 0 Å². The number of carbonyl (C=O) groups is 1. The van der Waals surface area contributed by atoms with Crippen LogP contribution in [0.3, 0.4) is 0 Å². The van der Waals surface area contributed by atoms with Gasteiger partial charge in [0.15, 0.2) is 5.78 Å². The van der Waals surface area contributed by atoms with E-state index in [0.29, 0.717) is 6.42 Å². The Hall–Kier alpha value is -1.84. The number of hydrogen-bond donors (Lipinski definition) is 0. The molecule has 2 aromatic rings. The van der Waals surface area contributed by atoms with E-state index < -0.39 is 0 Å². The van der Waals surface area contributed by atoms with Crippen molar-refractivity contribution in [2.45, 2.75) is 40.3 Å². The Balaban J connectivity index is 2.18. The van der Waals surface area contributed by atoms with Gasteiger partial charge in [0.05, 0.1) is 17.9 Å². The van der Waals surface area contributed by atoms with Gasteiger partial charge in [-0.3, -0.25) is 9.48 Å². The van der Waals surface area contributed by atoms with Crippen molar-refractivity contribution >= 4 is 5.78 Å². The molecule has 0 aromatic carbocycles. The quantitative estimate of drug-likeness (QED) is 0.760. The number of aryl methyl sites for hydroxylation is 2. The fourth-order valence-corrected chi connectivity index (χ4v) is 2.10. The molecule has 96 valence electrons. The molecule has 0 saturated carbocycles. The van der Waals surface area contributed by atoms with E-state index in [-0.39, 0.29) is 5.78 Å². The molecule has 4 nitrogen and oxygen atoms in total. The van der Waals surface area contributed by atoms with Crippen LogP contribution < -0.4 is 0 Å². The minimum Gasteiger partial charge on any atom is -0.348 e. The Morgan fingerprint density at radius 2 is 2.17 bits per heavy atom. The minimum atomic E-state index is 0.189. The maximum Gasteiger partial charge on any atom is 0.164 e. The van der Waals surface area contributed by atoms with Crippen molar-refractivity contribution in [3.63, 3.8) is 0 Å². The predicted molar refractivity (Wildman–Crippen MR) is 70.8 cm³/mol. The van der Waals surface area contributed by atoms with E-state index in [0.717, 1.165) is 24.3 Å². The lowest BCUT2D eigenvalue weighted by Crippen LogP contribution is -2.06. The van der Waals surface area contributed by atoms with E-state index >= 15 is 0 Å². The van der Waals surface area contributed by atoms with Crippen LogP contribution in [0.15, 0.2) is 24.5 Å². The van der Waals surface area contributed by atoms with Crippen molar-refractivity contribution < 1.29 is 4.79 Å². The Labute approximate surface area is 107 Å². The van der Waals surface area contributed by atoms with Gasteiger partial charge in [0.1, 0.15) is 0 Å². The molecule has 0 radical (unpaired) electrons. The van der Waals surface area contributed by atoms with Crippen molar-refractivity contribution in [1.82, 2.24) is 14.3 Å². The topological polar surface area (TPSA) is 39.8 Å². The third-order valence-corrected chi connectivity index (χ3v) is 3.02. The van der Waals surface area contributed by atoms with Gasteiger partial charge >= 0.3 is 0 Å². The van der Waals surface area contributed by atoms with E-state index in [9.17, 15) is 4.79 Å². The highest BCUT2D eigenvalue weighted by atomic mass is 16.1. The maximum atomic E-state index is 11.6. The molecule has 0 unspecified atom stereocenters. The molecule has 18 heavy (non-hydrogen) atoms. The van der Waals surface area contributed by atoms with Crippen molar-refractivity contribution in [2.24, 2.45) is 0 Å². The zero-order chi connectivity index (χ0) is 13.1. The lowest BCUT2D eigenvalue weighted by molar-refractivity contribution is 0.0988. The van der Waals surface area contributed by atoms with Crippen molar-refractivity contribution in [3.8, 4) is 0 Å². The van der Waals surface area contributed by atoms with Gasteiger partial charge in [-0.05, 0) is 26.0 Å². The molecule has 0 aliphatic rings. The zero-order valence-electron chi connectivity index (χ0n) is 11.2. The third kappa shape index (κ3) is 2.53. The van der Waals surface area contributed by atoms with Gasteiger partial charge in [0, 0.05) is 30.9 Å². The summed E-state index contributed by atoms with van der Waals surface area (Å²) in [6.45, 7) is 7.58. The Morgan fingerprint density at radius 1 is 1.39 bits per heavy atom. The highest BCUT2D eigenvalue weighted by molar-refractivity contribution is 5.95. The lowest BCUT2D eigenvalue weighted by Gasteiger charge is -2.05. The molecule has 0 bridgehead atoms. The molecule has 2 rings (SSSR count). The Bertz CT molecular complexity index is 551. The summed E-state index contributed by atoms with van der Waals surface area (Å²) in [7, 11) is 0. The molecule has 0 saturated heterocycles. The standard InChI is InChI=1S/C14H19N3O/c1-4-14(18)12-6-7-16(9-12)10-13-8-11(3)15-17(13)5-2/h6-9H,4-5,10H2,1-3H3. The molecular formula is C14H19N3O. The van der Waals surface area contributed by atoms with Crippen LogP contribution >= 0.6 is 0 Å². The molecule has 0 amide bonds. The van der Waals surface area contributed by atoms with E-state index in [1.807, 2.05) is 41.6 Å². The van der Waals surface area contributed by atoms with Crippen LogP contribution in [0.5, 0.6) is 0 Å². The summed E-state index contributed by atoms with van der Waals surface area (Å²) in [5.74, 6) is 0.189. The Morgan fingerprint density at radius 3 is 2.83 bits per heavy atom. The summed E-state index contributed by atoms with van der Waals surface area (Å²) < 4.78 is 4.03. The first-order valence-electron chi connectivity index (χ1n) is 6.36. The number of carbonyl (C=O) groups excluding carboxylic acids is 1. The highest BCUT2D eigenvalue weighted by Crippen LogP contribution is 2.10. The normalized spacial score (nSPS) is 10.8. The van der Waals surface area contributed by atoms with Gasteiger partial charge in [0.2, 0.25) is 0 Å². The summed E-state index contributed by atoms with van der Waals surface area (Å²) in [4.78, 5) is 11.6. The summed E-state index contributed by atoms with van der Waals surface area (Å²) >= 11 is 0. The van der Waals surface area contributed by atoms with Gasteiger partial charge in [-0.2, -0.15) is 5.10 Å². The monoisotopic (exact) mass is 245 g/mol. The van der Waals surface area contributed by atoms with Crippen LogP contribution in [0.2, 0.25) is 0 Å². The van der Waals surface area contributed by atoms with Crippen molar-refractivity contribution in [3.05, 3.63) is 41.5 Å². The van der Waals surface area contributed by atoms with E-state index in [1.54, 1.807) is 0 Å². The van der Waals surface area contributed by atoms with Gasteiger partial charge in [-0.25, -0.2) is 0 Å². The van der Waals surface area contributed by atoms with Crippen LogP contribution in [0.25, 0.3) is 0 Å². The molecule has 2 heterocycles. The number of nitrogens with zero attached hydrogens (tertiary/aromatic N) is 3. The van der Waals surface area contributed by atoms with Gasteiger partial charge in [-0.1, -0.05) is 6.92 Å². The minimum absolute atomic E-state index is 0.189. The molecular weight excluding hydrogens is 226 g/mol. The first-order valence-corrected chi connectivity index (χ1v) is 6.36. The van der Waals surface area contributed by atoms with Crippen molar-refractivity contribution in [2.75, 3.05) is 0 Å². The van der Waals surface area contributed by atoms with E-state index in [1.165, 1.54) is 5.69 Å². The van der Waals surface area contributed by atoms with Crippen LogP contribution in [0.1, 0.15) is 42.0 Å². The number of ketones is 1. The number of rotatable bonds is 5. The van der Waals surface area contributed by atoms with Crippen LogP contribution in [-0.4, -0.2) is 20.1 Å². The SMILES string of the molecule is CCC(=O)c1ccn(Cc2cc(C)nn2CC)c1. The molecule has 0 aliphatic heterocycles. The summed E-state index contributed by atoms with van der Waals surface area (Å²) in [6, 6.07) is 3.97. The molecule has 0 aliphatic carbocycles. The van der Waals surface area contributed by atoms with Gasteiger partial charge < -0.3 is 4.57 Å². The first-order chi connectivity index (χ1) is 8.63. The maximum absolute atomic E-state index is 11.6. The molecule has 2 aromatic heterocycles. The molecule has 4 heteroatoms. The first kappa shape index (κ1) is 12.6. The van der Waals surface area contributed by atoms with Crippen LogP contribution in [0, 0.1) is 6.92 Å². The largest absolute Gasteiger partial charge is 0.348 e. The fourth-order valence-electron chi connectivity index (χ4n) is 2.10. The van der Waals surface area contributed by atoms with Crippen LogP contribution in [0.4, 0.5) is 0 Å². The fraction of sp³-hybridized carbons (Fsp3) is 0.429. The average molecular weight is 245 g/mol. The number of aromatic nitrogens is 3. The summed E-state index contributed by atoms with van der Waals surface area (Å²) in [5.41, 5.74) is 2.99. The van der Waals surface area contributed by atoms with Gasteiger partial charge in [0.25, 0.3) is 0 Å². The molecule has 0 atom stereocenters. The second-order valence-corrected chi connectivity index (χ2v) is 4.44. The number of hydrogen-bond acceptors (Lipinski definition) is 2. The van der Waals surface area contributed by atoms with Crippen LogP contribution in [-0.2, 0) is 13.1 Å². The molecule has 0 fully saturated rings. The van der Waals surface area contributed by atoms with E-state index in [4.69, 9.17) is 0 Å². The number of Topliss-reactive ketones (excluding diaryl/α,β-unsaturated/α-hetero) is 1. The molecule has 0 spiro atoms.